The molecule has 1 aliphatic rings. The highest BCUT2D eigenvalue weighted by Crippen LogP contribution is 2.24. The van der Waals surface area contributed by atoms with Crippen LogP contribution in [-0.2, 0) is 17.8 Å². The zero-order chi connectivity index (χ0) is 14.4. The van der Waals surface area contributed by atoms with Gasteiger partial charge in [-0.2, -0.15) is 0 Å². The molecule has 1 aromatic rings. The van der Waals surface area contributed by atoms with Gasteiger partial charge >= 0.3 is 0 Å². The number of aryl methyl sites for hydroxylation is 1. The molecule has 0 unspecified atom stereocenters. The zero-order valence-corrected chi connectivity index (χ0v) is 12.7. The minimum atomic E-state index is 0.410. The molecule has 0 aliphatic carbocycles. The standard InChI is InChI=1S/C13H19N3O.C2H6/c1-9(2)13-11-5-4-6-16(8-17)7-12(11)14-10(3)15-13;1-2/h8-9H,4-7H2,1-3H3;1-2H3. The molecule has 1 aliphatic heterocycles. The number of carbonyl (C=O) groups excluding carboxylic acids is 1. The average Bonchev–Trinajstić information content (AvgIpc) is 2.61. The molecule has 0 spiro atoms. The molecule has 0 saturated carbocycles. The van der Waals surface area contributed by atoms with Crippen molar-refractivity contribution in [3.05, 3.63) is 22.8 Å². The molecule has 106 valence electrons. The smallest absolute Gasteiger partial charge is 0.210 e. The van der Waals surface area contributed by atoms with Gasteiger partial charge in [0.2, 0.25) is 6.41 Å². The third kappa shape index (κ3) is 3.75. The van der Waals surface area contributed by atoms with Crippen molar-refractivity contribution in [3.63, 3.8) is 0 Å². The fourth-order valence-electron chi connectivity index (χ4n) is 2.38. The van der Waals surface area contributed by atoms with Crippen LogP contribution in [0.15, 0.2) is 0 Å². The van der Waals surface area contributed by atoms with Crippen molar-refractivity contribution in [2.24, 2.45) is 0 Å². The van der Waals surface area contributed by atoms with Gasteiger partial charge in [0.05, 0.1) is 17.9 Å². The molecule has 0 fully saturated rings. The molecular weight excluding hydrogens is 238 g/mol. The van der Waals surface area contributed by atoms with Crippen LogP contribution in [0.5, 0.6) is 0 Å². The molecule has 0 aromatic carbocycles. The second-order valence-corrected chi connectivity index (χ2v) is 4.92. The van der Waals surface area contributed by atoms with E-state index in [0.717, 1.165) is 43.0 Å². The van der Waals surface area contributed by atoms with Gasteiger partial charge in [-0.1, -0.05) is 27.7 Å². The predicted octanol–water partition coefficient (Wildman–Crippen LogP) is 2.84. The molecule has 0 radical (unpaired) electrons. The Bertz CT molecular complexity index is 430. The van der Waals surface area contributed by atoms with Crippen molar-refractivity contribution in [2.45, 2.75) is 59.9 Å². The Morgan fingerprint density at radius 2 is 1.95 bits per heavy atom. The Labute approximate surface area is 116 Å². The van der Waals surface area contributed by atoms with E-state index in [9.17, 15) is 4.79 Å². The van der Waals surface area contributed by atoms with Gasteiger partial charge in [-0.3, -0.25) is 4.79 Å². The van der Waals surface area contributed by atoms with Gasteiger partial charge in [-0.25, -0.2) is 9.97 Å². The van der Waals surface area contributed by atoms with Crippen molar-refractivity contribution in [3.8, 4) is 0 Å². The van der Waals surface area contributed by atoms with Crippen LogP contribution in [0.4, 0.5) is 0 Å². The van der Waals surface area contributed by atoms with E-state index < -0.39 is 0 Å². The van der Waals surface area contributed by atoms with Crippen molar-refractivity contribution in [2.75, 3.05) is 6.54 Å². The normalized spacial score (nSPS) is 14.3. The van der Waals surface area contributed by atoms with Gasteiger partial charge in [0.1, 0.15) is 5.82 Å². The molecule has 0 bridgehead atoms. The number of carbonyl (C=O) groups is 1. The summed E-state index contributed by atoms with van der Waals surface area (Å²) < 4.78 is 0. The fraction of sp³-hybridized carbons (Fsp3) is 0.667. The Balaban J connectivity index is 0.000000861. The molecule has 19 heavy (non-hydrogen) atoms. The van der Waals surface area contributed by atoms with E-state index in [2.05, 4.69) is 23.8 Å². The molecule has 1 amide bonds. The summed E-state index contributed by atoms with van der Waals surface area (Å²) in [7, 11) is 0. The van der Waals surface area contributed by atoms with E-state index >= 15 is 0 Å². The van der Waals surface area contributed by atoms with Crippen LogP contribution >= 0.6 is 0 Å². The topological polar surface area (TPSA) is 46.1 Å². The third-order valence-corrected chi connectivity index (χ3v) is 3.16. The first-order valence-corrected chi connectivity index (χ1v) is 7.17. The summed E-state index contributed by atoms with van der Waals surface area (Å²) in [6, 6.07) is 0. The summed E-state index contributed by atoms with van der Waals surface area (Å²) in [6.07, 6.45) is 2.90. The van der Waals surface area contributed by atoms with Crippen LogP contribution in [0.1, 0.15) is 62.8 Å². The zero-order valence-electron chi connectivity index (χ0n) is 12.7. The number of amides is 1. The lowest BCUT2D eigenvalue weighted by molar-refractivity contribution is -0.118. The monoisotopic (exact) mass is 263 g/mol. The van der Waals surface area contributed by atoms with E-state index in [1.807, 2.05) is 20.8 Å². The van der Waals surface area contributed by atoms with Crippen LogP contribution < -0.4 is 0 Å². The molecule has 2 rings (SSSR count). The van der Waals surface area contributed by atoms with E-state index in [1.165, 1.54) is 5.56 Å². The largest absolute Gasteiger partial charge is 0.339 e. The highest BCUT2D eigenvalue weighted by atomic mass is 16.1. The second-order valence-electron chi connectivity index (χ2n) is 4.92. The average molecular weight is 263 g/mol. The first-order valence-electron chi connectivity index (χ1n) is 7.17. The van der Waals surface area contributed by atoms with Gasteiger partial charge in [0, 0.05) is 6.54 Å². The first kappa shape index (κ1) is 15.6. The summed E-state index contributed by atoms with van der Waals surface area (Å²) in [5.41, 5.74) is 3.45. The molecule has 0 N–H and O–H groups in total. The van der Waals surface area contributed by atoms with Crippen molar-refractivity contribution < 1.29 is 4.79 Å². The summed E-state index contributed by atoms with van der Waals surface area (Å²) in [4.78, 5) is 21.8. The maximum atomic E-state index is 10.9. The van der Waals surface area contributed by atoms with Crippen molar-refractivity contribution in [1.29, 1.82) is 0 Å². The van der Waals surface area contributed by atoms with Crippen LogP contribution in [-0.4, -0.2) is 27.8 Å². The molecule has 0 saturated heterocycles. The van der Waals surface area contributed by atoms with E-state index in [4.69, 9.17) is 0 Å². The lowest BCUT2D eigenvalue weighted by atomic mass is 9.99. The van der Waals surface area contributed by atoms with Gasteiger partial charge in [0.25, 0.3) is 0 Å². The van der Waals surface area contributed by atoms with Gasteiger partial charge in [0.15, 0.2) is 0 Å². The van der Waals surface area contributed by atoms with Crippen molar-refractivity contribution in [1.82, 2.24) is 14.9 Å². The predicted molar refractivity (Wildman–Crippen MR) is 77.0 cm³/mol. The van der Waals surface area contributed by atoms with Crippen LogP contribution in [0.25, 0.3) is 0 Å². The molecule has 1 aromatic heterocycles. The van der Waals surface area contributed by atoms with Crippen LogP contribution in [0.3, 0.4) is 0 Å². The molecular formula is C15H25N3O. The van der Waals surface area contributed by atoms with E-state index in [0.29, 0.717) is 12.5 Å². The highest BCUT2D eigenvalue weighted by Gasteiger charge is 2.20. The number of fused-ring (bicyclic) bond motifs is 1. The summed E-state index contributed by atoms with van der Waals surface area (Å²) in [6.45, 7) is 11.7. The Hall–Kier alpha value is -1.45. The maximum Gasteiger partial charge on any atom is 0.210 e. The minimum Gasteiger partial charge on any atom is -0.339 e. The lowest BCUT2D eigenvalue weighted by Crippen LogP contribution is -2.22. The number of hydrogen-bond acceptors (Lipinski definition) is 3. The lowest BCUT2D eigenvalue weighted by Gasteiger charge is -2.16. The fourth-order valence-corrected chi connectivity index (χ4v) is 2.38. The maximum absolute atomic E-state index is 10.9. The number of aromatic nitrogens is 2. The van der Waals surface area contributed by atoms with E-state index in [1.54, 1.807) is 4.90 Å². The van der Waals surface area contributed by atoms with E-state index in [-0.39, 0.29) is 0 Å². The Morgan fingerprint density at radius 1 is 1.26 bits per heavy atom. The molecule has 4 heteroatoms. The quantitative estimate of drug-likeness (QED) is 0.771. The summed E-state index contributed by atoms with van der Waals surface area (Å²) in [5.74, 6) is 1.22. The minimum absolute atomic E-state index is 0.410. The molecule has 2 heterocycles. The van der Waals surface area contributed by atoms with Gasteiger partial charge in [-0.15, -0.1) is 0 Å². The Morgan fingerprint density at radius 3 is 2.53 bits per heavy atom. The first-order chi connectivity index (χ1) is 9.11. The van der Waals surface area contributed by atoms with Crippen LogP contribution in [0, 0.1) is 6.92 Å². The van der Waals surface area contributed by atoms with Gasteiger partial charge < -0.3 is 4.90 Å². The SMILES string of the molecule is CC.Cc1nc2c(c(C(C)C)n1)CCCN(C=O)C2. The molecule has 0 atom stereocenters. The third-order valence-electron chi connectivity index (χ3n) is 3.16. The second kappa shape index (κ2) is 7.22. The van der Waals surface area contributed by atoms with Gasteiger partial charge in [-0.05, 0) is 31.2 Å². The number of hydrogen-bond donors (Lipinski definition) is 0. The van der Waals surface area contributed by atoms with Crippen molar-refractivity contribution >= 4 is 6.41 Å². The summed E-state index contributed by atoms with van der Waals surface area (Å²) >= 11 is 0. The highest BCUT2D eigenvalue weighted by molar-refractivity contribution is 5.48. The molecule has 4 nitrogen and oxygen atoms in total. The summed E-state index contributed by atoms with van der Waals surface area (Å²) in [5, 5.41) is 0. The number of rotatable bonds is 2. The van der Waals surface area contributed by atoms with Crippen LogP contribution in [0.2, 0.25) is 0 Å². The number of nitrogens with zero attached hydrogens (tertiary/aromatic N) is 3. The Kier molecular flexibility index (Phi) is 5.93.